The Morgan fingerprint density at radius 3 is 2.38 bits per heavy atom. The van der Waals surface area contributed by atoms with E-state index in [9.17, 15) is 9.65 Å². The van der Waals surface area contributed by atoms with Crippen LogP contribution in [0.15, 0.2) is 102 Å². The summed E-state index contributed by atoms with van der Waals surface area (Å²) in [4.78, 5) is 2.51. The summed E-state index contributed by atoms with van der Waals surface area (Å²) in [6.45, 7) is 31.5. The number of hydrogen-bond donors (Lipinski definition) is 1. The lowest BCUT2D eigenvalue weighted by molar-refractivity contribution is 0.276. The van der Waals surface area contributed by atoms with E-state index >= 15 is 0 Å². The monoisotopic (exact) mass is 637 g/mol. The van der Waals surface area contributed by atoms with Crippen LogP contribution in [0, 0.1) is 22.6 Å². The van der Waals surface area contributed by atoms with E-state index in [0.29, 0.717) is 17.0 Å². The van der Waals surface area contributed by atoms with E-state index in [2.05, 4.69) is 90.6 Å². The van der Waals surface area contributed by atoms with Crippen LogP contribution in [0.4, 0.5) is 4.39 Å². The first-order chi connectivity index (χ1) is 22.2. The van der Waals surface area contributed by atoms with Gasteiger partial charge in [-0.2, -0.15) is 5.26 Å². The molecule has 1 atom stereocenters. The summed E-state index contributed by atoms with van der Waals surface area (Å²) in [5.74, 6) is -0.195. The molecule has 0 aliphatic carbocycles. The molecule has 1 unspecified atom stereocenters. The average molecular weight is 638 g/mol. The lowest BCUT2D eigenvalue weighted by Gasteiger charge is -2.28. The molecule has 1 aliphatic heterocycles. The molecule has 0 bridgehead atoms. The summed E-state index contributed by atoms with van der Waals surface area (Å²) in [7, 11) is 0. The third-order valence-corrected chi connectivity index (χ3v) is 8.39. The lowest BCUT2D eigenvalue weighted by Crippen LogP contribution is -2.31. The van der Waals surface area contributed by atoms with Crippen molar-refractivity contribution < 1.29 is 4.39 Å². The summed E-state index contributed by atoms with van der Waals surface area (Å²) in [6.07, 6.45) is 9.93. The number of nitrogens with zero attached hydrogens (tertiary/aromatic N) is 2. The molecule has 4 heteroatoms. The van der Waals surface area contributed by atoms with Gasteiger partial charge < -0.3 is 10.2 Å². The molecule has 0 saturated carbocycles. The molecule has 1 saturated heterocycles. The van der Waals surface area contributed by atoms with Crippen molar-refractivity contribution in [1.29, 1.82) is 5.26 Å². The molecule has 47 heavy (non-hydrogen) atoms. The number of nitrogens with one attached hydrogen (secondary N) is 1. The third kappa shape index (κ3) is 14.3. The van der Waals surface area contributed by atoms with E-state index in [1.165, 1.54) is 11.8 Å². The molecule has 0 radical (unpaired) electrons. The maximum atomic E-state index is 13.7. The van der Waals surface area contributed by atoms with Gasteiger partial charge >= 0.3 is 0 Å². The topological polar surface area (TPSA) is 39.1 Å². The van der Waals surface area contributed by atoms with Gasteiger partial charge in [0.2, 0.25) is 0 Å². The summed E-state index contributed by atoms with van der Waals surface area (Å²) < 4.78 is 13.7. The molecule has 1 aliphatic rings. The molecular weight excluding hydrogens is 577 g/mol. The van der Waals surface area contributed by atoms with Crippen molar-refractivity contribution in [3.05, 3.63) is 125 Å². The molecule has 0 aromatic heterocycles. The van der Waals surface area contributed by atoms with Gasteiger partial charge in [-0.05, 0) is 141 Å². The van der Waals surface area contributed by atoms with E-state index in [0.717, 1.165) is 110 Å². The number of likely N-dealkylation sites (tertiary alicyclic amines) is 1. The second kappa shape index (κ2) is 19.9. The Morgan fingerprint density at radius 1 is 1.04 bits per heavy atom. The van der Waals surface area contributed by atoms with Gasteiger partial charge in [0, 0.05) is 18.3 Å². The van der Waals surface area contributed by atoms with Gasteiger partial charge in [0.1, 0.15) is 5.82 Å². The molecule has 3 rings (SSSR count). The Kier molecular flexibility index (Phi) is 16.7. The first-order valence-electron chi connectivity index (χ1n) is 17.4. The van der Waals surface area contributed by atoms with Crippen molar-refractivity contribution in [3.8, 4) is 6.07 Å². The minimum absolute atomic E-state index is 0.195. The van der Waals surface area contributed by atoms with Crippen LogP contribution < -0.4 is 5.32 Å². The smallest absolute Gasteiger partial charge is 0.123 e. The number of aryl methyl sites for hydroxylation is 1. The quantitative estimate of drug-likeness (QED) is 0.147. The Balaban J connectivity index is 0.00000142. The van der Waals surface area contributed by atoms with Crippen LogP contribution >= 0.6 is 0 Å². The molecule has 1 heterocycles. The predicted molar refractivity (Wildman–Crippen MR) is 202 cm³/mol. The number of rotatable bonds is 16. The molecule has 1 N–H and O–H groups in total. The van der Waals surface area contributed by atoms with E-state index in [1.807, 2.05) is 30.3 Å². The van der Waals surface area contributed by atoms with Crippen LogP contribution in [0.2, 0.25) is 0 Å². The number of halogens is 1. The van der Waals surface area contributed by atoms with Crippen molar-refractivity contribution in [1.82, 2.24) is 10.2 Å². The number of benzene rings is 2. The Labute approximate surface area is 286 Å². The Hall–Kier alpha value is -3.68. The van der Waals surface area contributed by atoms with Crippen LogP contribution in [0.5, 0.6) is 0 Å². The number of nitriles is 1. The Bertz CT molecular complexity index is 1440. The molecule has 2 aromatic rings. The first-order valence-corrected chi connectivity index (χ1v) is 17.4. The summed E-state index contributed by atoms with van der Waals surface area (Å²) >= 11 is 0. The minimum Gasteiger partial charge on any atom is -0.372 e. The Morgan fingerprint density at radius 2 is 1.72 bits per heavy atom. The van der Waals surface area contributed by atoms with Crippen LogP contribution in [-0.4, -0.2) is 30.6 Å². The SMILES string of the molecule is C=C(CCCc1cccc(F)c1)/C(=C\C(C)=C(/C)c1ccccc1C#N)C(=C)CCC1CCC(=C)N1CCCNCC.CC(C)(C)C. The highest BCUT2D eigenvalue weighted by Crippen LogP contribution is 2.34. The van der Waals surface area contributed by atoms with Crippen molar-refractivity contribution in [2.45, 2.75) is 106 Å². The molecule has 0 amide bonds. The second-order valence-corrected chi connectivity index (χ2v) is 14.4. The lowest BCUT2D eigenvalue weighted by atomic mass is 9.88. The highest BCUT2D eigenvalue weighted by Gasteiger charge is 2.26. The van der Waals surface area contributed by atoms with Gasteiger partial charge in [-0.3, -0.25) is 0 Å². The highest BCUT2D eigenvalue weighted by atomic mass is 19.1. The predicted octanol–water partition coefficient (Wildman–Crippen LogP) is 11.4. The van der Waals surface area contributed by atoms with E-state index in [-0.39, 0.29) is 5.82 Å². The standard InChI is InChI=1S/C38H48FN3.C5H12/c1-7-41-23-12-24-42-31(5)20-22-36(42)21-19-29(3)38(28(2)13-10-14-33-15-11-17-35(39)26-33)25-30(4)32(6)37-18-9-8-16-34(37)27-40;1-5(2,3)4/h8-9,11,15-18,25-26,36,41H,2-3,5,7,10,12-14,19-24H2,1,4,6H3;1-4H3/b32-30+,38-25+;. The van der Waals surface area contributed by atoms with Crippen LogP contribution in [-0.2, 0) is 6.42 Å². The molecule has 0 spiro atoms. The average Bonchev–Trinajstić information content (AvgIpc) is 3.37. The molecular formula is C43H60FN3. The summed E-state index contributed by atoms with van der Waals surface area (Å²) in [5.41, 5.74) is 9.79. The van der Waals surface area contributed by atoms with Crippen molar-refractivity contribution in [2.24, 2.45) is 5.41 Å². The second-order valence-electron chi connectivity index (χ2n) is 14.4. The fraction of sp³-hybridized carbons (Fsp3) is 0.465. The maximum absolute atomic E-state index is 13.7. The normalized spacial score (nSPS) is 15.5. The number of hydrogen-bond acceptors (Lipinski definition) is 3. The molecule has 2 aromatic carbocycles. The fourth-order valence-electron chi connectivity index (χ4n) is 5.79. The largest absolute Gasteiger partial charge is 0.372 e. The molecule has 254 valence electrons. The van der Waals surface area contributed by atoms with Crippen LogP contribution in [0.3, 0.4) is 0 Å². The zero-order valence-electron chi connectivity index (χ0n) is 30.4. The van der Waals surface area contributed by atoms with E-state index < -0.39 is 0 Å². The van der Waals surface area contributed by atoms with Crippen molar-refractivity contribution in [3.63, 3.8) is 0 Å². The van der Waals surface area contributed by atoms with Gasteiger partial charge in [0.15, 0.2) is 0 Å². The highest BCUT2D eigenvalue weighted by molar-refractivity contribution is 5.73. The third-order valence-electron chi connectivity index (χ3n) is 8.39. The van der Waals surface area contributed by atoms with Gasteiger partial charge in [-0.1, -0.05) is 90.8 Å². The van der Waals surface area contributed by atoms with Gasteiger partial charge in [0.25, 0.3) is 0 Å². The zero-order chi connectivity index (χ0) is 35.0. The first kappa shape index (κ1) is 39.5. The molecule has 1 fully saturated rings. The van der Waals surface area contributed by atoms with Crippen molar-refractivity contribution >= 4 is 5.57 Å². The maximum Gasteiger partial charge on any atom is 0.123 e. The van der Waals surface area contributed by atoms with Crippen molar-refractivity contribution in [2.75, 3.05) is 19.6 Å². The van der Waals surface area contributed by atoms with Crippen LogP contribution in [0.25, 0.3) is 5.57 Å². The van der Waals surface area contributed by atoms with Gasteiger partial charge in [-0.15, -0.1) is 0 Å². The van der Waals surface area contributed by atoms with E-state index in [1.54, 1.807) is 12.1 Å². The van der Waals surface area contributed by atoms with Gasteiger partial charge in [-0.25, -0.2) is 4.39 Å². The minimum atomic E-state index is -0.195. The zero-order valence-corrected chi connectivity index (χ0v) is 30.4. The number of allylic oxidation sites excluding steroid dienone is 7. The van der Waals surface area contributed by atoms with Crippen LogP contribution in [0.1, 0.15) is 110 Å². The molecule has 3 nitrogen and oxygen atoms in total. The van der Waals surface area contributed by atoms with E-state index in [4.69, 9.17) is 0 Å². The van der Waals surface area contributed by atoms with Gasteiger partial charge in [0.05, 0.1) is 11.6 Å². The fourth-order valence-corrected chi connectivity index (χ4v) is 5.79. The summed E-state index contributed by atoms with van der Waals surface area (Å²) in [6, 6.07) is 17.4. The summed E-state index contributed by atoms with van der Waals surface area (Å²) in [5, 5.41) is 13.1.